The van der Waals surface area contributed by atoms with Crippen LogP contribution in [0.15, 0.2) is 69.9 Å². The van der Waals surface area contributed by atoms with Crippen molar-refractivity contribution in [2.45, 2.75) is 0 Å². The van der Waals surface area contributed by atoms with Crippen LogP contribution in [0, 0.1) is 0 Å². The number of phenolic OH excluding ortho intramolecular Hbond substituents is 1. The first-order chi connectivity index (χ1) is 12.0. The molecule has 0 bridgehead atoms. The predicted molar refractivity (Wildman–Crippen MR) is 93.2 cm³/mol. The van der Waals surface area contributed by atoms with Crippen molar-refractivity contribution in [2.24, 2.45) is 0 Å². The van der Waals surface area contributed by atoms with Gasteiger partial charge in [0.15, 0.2) is 5.43 Å². The maximum absolute atomic E-state index is 11.7. The Morgan fingerprint density at radius 1 is 0.923 bits per heavy atom. The molecule has 0 fully saturated rings. The summed E-state index contributed by atoms with van der Waals surface area (Å²) in [6.07, 6.45) is 0. The van der Waals surface area contributed by atoms with Crippen molar-refractivity contribution in [3.05, 3.63) is 76.5 Å². The summed E-state index contributed by atoms with van der Waals surface area (Å²) < 4.78 is 5.76. The van der Waals surface area contributed by atoms with Crippen LogP contribution in [0.3, 0.4) is 0 Å². The van der Waals surface area contributed by atoms with E-state index in [0.29, 0.717) is 33.4 Å². The van der Waals surface area contributed by atoms with E-state index in [1.54, 1.807) is 30.3 Å². The Balaban J connectivity index is 0.00000196. The first-order valence-electron chi connectivity index (χ1n) is 7.57. The molecule has 5 nitrogen and oxygen atoms in total. The molecule has 0 aromatic heterocycles. The van der Waals surface area contributed by atoms with Crippen LogP contribution in [0.1, 0.15) is 10.4 Å². The van der Waals surface area contributed by atoms with E-state index in [2.05, 4.69) is 0 Å². The van der Waals surface area contributed by atoms with Crippen LogP contribution in [-0.4, -0.2) is 16.2 Å². The van der Waals surface area contributed by atoms with Gasteiger partial charge in [0.2, 0.25) is 0 Å². The largest absolute Gasteiger partial charge is 1.00 e. The molecule has 0 unspecified atom stereocenters. The third kappa shape index (κ3) is 3.01. The summed E-state index contributed by atoms with van der Waals surface area (Å²) in [6.45, 7) is 0. The van der Waals surface area contributed by atoms with Crippen molar-refractivity contribution in [3.8, 4) is 28.2 Å². The summed E-state index contributed by atoms with van der Waals surface area (Å²) in [5.74, 6) is -0.691. The molecule has 2 N–H and O–H groups in total. The number of carbonyl (C=O) groups is 1. The minimum atomic E-state index is -1.04. The quantitative estimate of drug-likeness (QED) is 0.413. The van der Waals surface area contributed by atoms with Gasteiger partial charge in [0.1, 0.15) is 17.1 Å². The van der Waals surface area contributed by atoms with E-state index < -0.39 is 5.97 Å². The van der Waals surface area contributed by atoms with Crippen LogP contribution in [0.4, 0.5) is 0 Å². The molecule has 122 valence electrons. The summed E-state index contributed by atoms with van der Waals surface area (Å²) in [5.41, 5.74) is 2.10. The Labute approximate surface area is 170 Å². The number of rotatable bonds is 2. The molecule has 0 amide bonds. The maximum atomic E-state index is 11.7. The van der Waals surface area contributed by atoms with Crippen molar-refractivity contribution in [1.82, 2.24) is 0 Å². The van der Waals surface area contributed by atoms with Crippen molar-refractivity contribution in [2.75, 3.05) is 0 Å². The van der Waals surface area contributed by atoms with Gasteiger partial charge < -0.3 is 14.6 Å². The minimum Gasteiger partial charge on any atom is -0.508 e. The molecule has 1 heterocycles. The zero-order valence-corrected chi connectivity index (χ0v) is 15.9. The monoisotopic (exact) mass is 355 g/mol. The SMILES string of the molecule is O=C(O)c1ccccc1-c1c2ccc(=O)cc-2oc2cc(O)ccc12.[Na+]. The topological polar surface area (TPSA) is 87.7 Å². The first-order valence-corrected chi connectivity index (χ1v) is 7.57. The van der Waals surface area contributed by atoms with Gasteiger partial charge in [-0.25, -0.2) is 4.79 Å². The van der Waals surface area contributed by atoms with Crippen LogP contribution >= 0.6 is 0 Å². The molecular weight excluding hydrogens is 343 g/mol. The molecule has 26 heavy (non-hydrogen) atoms. The molecule has 0 spiro atoms. The normalized spacial score (nSPS) is 10.6. The van der Waals surface area contributed by atoms with Gasteiger partial charge in [-0.3, -0.25) is 4.79 Å². The van der Waals surface area contributed by atoms with Crippen LogP contribution in [0.25, 0.3) is 33.4 Å². The Morgan fingerprint density at radius 2 is 1.69 bits per heavy atom. The fourth-order valence-electron chi connectivity index (χ4n) is 3.04. The average molecular weight is 355 g/mol. The molecule has 0 saturated heterocycles. The predicted octanol–water partition coefficient (Wildman–Crippen LogP) is 0.973. The average Bonchev–Trinajstić information content (AvgIpc) is 2.59. The molecule has 0 saturated carbocycles. The molecule has 2 aliphatic rings. The molecule has 0 atom stereocenters. The van der Waals surface area contributed by atoms with Gasteiger partial charge in [0, 0.05) is 28.6 Å². The Kier molecular flexibility index (Phi) is 4.87. The minimum absolute atomic E-state index is 0. The number of aromatic carboxylic acids is 1. The Bertz CT molecular complexity index is 1160. The van der Waals surface area contributed by atoms with E-state index in [-0.39, 0.29) is 46.3 Å². The molecule has 6 heteroatoms. The number of hydrogen-bond donors (Lipinski definition) is 2. The standard InChI is InChI=1S/C20H12O5.Na/c21-11-5-7-15-17(9-11)25-18-10-12(22)6-8-16(18)19(15)13-3-1-2-4-14(13)20(23)24;/h1-10,21H,(H,23,24);/q;+1. The van der Waals surface area contributed by atoms with E-state index >= 15 is 0 Å². The number of aromatic hydroxyl groups is 1. The van der Waals surface area contributed by atoms with Gasteiger partial charge in [0.05, 0.1) is 5.56 Å². The number of carboxylic acid groups (broad SMARTS) is 1. The van der Waals surface area contributed by atoms with Gasteiger partial charge in [-0.1, -0.05) is 18.2 Å². The molecule has 4 rings (SSSR count). The molecule has 0 radical (unpaired) electrons. The Hall–Kier alpha value is -2.60. The van der Waals surface area contributed by atoms with Crippen LogP contribution in [0.5, 0.6) is 5.75 Å². The van der Waals surface area contributed by atoms with E-state index in [9.17, 15) is 19.8 Å². The third-order valence-electron chi connectivity index (χ3n) is 4.10. The van der Waals surface area contributed by atoms with Crippen molar-refractivity contribution < 1.29 is 49.0 Å². The molecule has 1 aliphatic carbocycles. The smallest absolute Gasteiger partial charge is 0.508 e. The van der Waals surface area contributed by atoms with Gasteiger partial charge in [-0.2, -0.15) is 0 Å². The number of fused-ring (bicyclic) bond motifs is 2. The van der Waals surface area contributed by atoms with Gasteiger partial charge in [-0.15, -0.1) is 0 Å². The second-order valence-corrected chi connectivity index (χ2v) is 5.67. The fraction of sp³-hybridized carbons (Fsp3) is 0. The summed E-state index contributed by atoms with van der Waals surface area (Å²) in [6, 6.07) is 15.7. The second kappa shape index (κ2) is 6.96. The number of hydrogen-bond acceptors (Lipinski definition) is 4. The van der Waals surface area contributed by atoms with Crippen LogP contribution in [0.2, 0.25) is 0 Å². The fourth-order valence-corrected chi connectivity index (χ4v) is 3.04. The first kappa shape index (κ1) is 18.2. The van der Waals surface area contributed by atoms with Crippen molar-refractivity contribution >= 4 is 16.9 Å². The number of carboxylic acids is 1. The molecular formula is C20H12NaO5+. The zero-order chi connectivity index (χ0) is 17.6. The Morgan fingerprint density at radius 3 is 2.46 bits per heavy atom. The van der Waals surface area contributed by atoms with E-state index in [4.69, 9.17) is 4.42 Å². The number of benzene rings is 3. The van der Waals surface area contributed by atoms with Crippen LogP contribution < -0.4 is 35.0 Å². The third-order valence-corrected chi connectivity index (χ3v) is 4.10. The summed E-state index contributed by atoms with van der Waals surface area (Å²) in [7, 11) is 0. The van der Waals surface area contributed by atoms with Gasteiger partial charge >= 0.3 is 35.5 Å². The molecule has 2 aromatic carbocycles. The second-order valence-electron chi connectivity index (χ2n) is 5.67. The maximum Gasteiger partial charge on any atom is 1.00 e. The molecule has 1 aliphatic heterocycles. The van der Waals surface area contributed by atoms with Crippen molar-refractivity contribution in [1.29, 1.82) is 0 Å². The summed E-state index contributed by atoms with van der Waals surface area (Å²) >= 11 is 0. The number of phenols is 1. The van der Waals surface area contributed by atoms with Gasteiger partial charge in [0.25, 0.3) is 0 Å². The van der Waals surface area contributed by atoms with E-state index in [0.717, 1.165) is 0 Å². The summed E-state index contributed by atoms with van der Waals surface area (Å²) in [4.78, 5) is 23.4. The summed E-state index contributed by atoms with van der Waals surface area (Å²) in [5, 5.41) is 19.9. The zero-order valence-electron chi connectivity index (χ0n) is 13.9. The van der Waals surface area contributed by atoms with Crippen molar-refractivity contribution in [3.63, 3.8) is 0 Å². The van der Waals surface area contributed by atoms with Gasteiger partial charge in [-0.05, 0) is 35.9 Å². The van der Waals surface area contributed by atoms with E-state index in [1.807, 2.05) is 0 Å². The van der Waals surface area contributed by atoms with Crippen LogP contribution in [-0.2, 0) is 0 Å². The molecule has 2 aromatic rings. The van der Waals surface area contributed by atoms with E-state index in [1.165, 1.54) is 30.3 Å².